The molecule has 1 aromatic heterocycles. The summed E-state index contributed by atoms with van der Waals surface area (Å²) in [6, 6.07) is 5.00. The highest BCUT2D eigenvalue weighted by Crippen LogP contribution is 2.26. The van der Waals surface area contributed by atoms with Gasteiger partial charge in [0.2, 0.25) is 10.0 Å². The summed E-state index contributed by atoms with van der Waals surface area (Å²) in [5.74, 6) is -0.562. The van der Waals surface area contributed by atoms with E-state index in [2.05, 4.69) is 4.98 Å². The number of hydrogen-bond donors (Lipinski definition) is 1. The molecule has 3 rings (SSSR count). The number of benzene rings is 1. The number of nitrogens with zero attached hydrogens (tertiary/aromatic N) is 3. The van der Waals surface area contributed by atoms with Gasteiger partial charge in [-0.25, -0.2) is 13.4 Å². The van der Waals surface area contributed by atoms with Gasteiger partial charge >= 0.3 is 5.97 Å². The maximum atomic E-state index is 12.9. The molecule has 0 unspecified atom stereocenters. The van der Waals surface area contributed by atoms with Crippen molar-refractivity contribution in [3.05, 3.63) is 24.0 Å². The number of carbonyl (C=O) groups excluding carboxylic acids is 2. The number of hydrogen-bond acceptors (Lipinski definition) is 6. The fourth-order valence-corrected chi connectivity index (χ4v) is 5.13. The number of nitrogens with two attached hydrogens (primary N) is 1. The molecular weight excluding hydrogens is 408 g/mol. The van der Waals surface area contributed by atoms with Crippen LogP contribution >= 0.6 is 0 Å². The lowest BCUT2D eigenvalue weighted by atomic mass is 10.3. The average molecular weight is 437 g/mol. The summed E-state index contributed by atoms with van der Waals surface area (Å²) in [6.07, 6.45) is 1.99. The van der Waals surface area contributed by atoms with Crippen molar-refractivity contribution in [3.63, 3.8) is 0 Å². The first-order chi connectivity index (χ1) is 14.2. The molecule has 1 aliphatic heterocycles. The molecule has 2 heterocycles. The molecule has 2 aromatic rings. The summed E-state index contributed by atoms with van der Waals surface area (Å²) >= 11 is 0. The molecular formula is C20H28N4O5S. The van der Waals surface area contributed by atoms with E-state index >= 15 is 0 Å². The summed E-state index contributed by atoms with van der Waals surface area (Å²) in [6.45, 7) is 5.24. The quantitative estimate of drug-likeness (QED) is 0.595. The van der Waals surface area contributed by atoms with E-state index in [1.54, 1.807) is 18.2 Å². The van der Waals surface area contributed by atoms with Crippen LogP contribution in [0.3, 0.4) is 0 Å². The van der Waals surface area contributed by atoms with Crippen molar-refractivity contribution in [1.29, 1.82) is 0 Å². The van der Waals surface area contributed by atoms with Gasteiger partial charge < -0.3 is 15.0 Å². The Bertz CT molecular complexity index is 1040. The van der Waals surface area contributed by atoms with E-state index in [9.17, 15) is 18.0 Å². The summed E-state index contributed by atoms with van der Waals surface area (Å²) in [5.41, 5.74) is 6.52. The summed E-state index contributed by atoms with van der Waals surface area (Å²) < 4.78 is 34.2. The number of amides is 1. The monoisotopic (exact) mass is 436 g/mol. The van der Waals surface area contributed by atoms with E-state index < -0.39 is 28.0 Å². The minimum absolute atomic E-state index is 0.0452. The van der Waals surface area contributed by atoms with E-state index in [1.807, 2.05) is 11.5 Å². The van der Waals surface area contributed by atoms with Crippen LogP contribution < -0.4 is 5.73 Å². The Morgan fingerprint density at radius 3 is 2.60 bits per heavy atom. The Morgan fingerprint density at radius 1 is 1.27 bits per heavy atom. The zero-order chi connectivity index (χ0) is 21.9. The molecule has 0 aliphatic carbocycles. The van der Waals surface area contributed by atoms with E-state index in [1.165, 1.54) is 11.2 Å². The Morgan fingerprint density at radius 2 is 1.97 bits per heavy atom. The van der Waals surface area contributed by atoms with Crippen LogP contribution in [-0.4, -0.2) is 53.3 Å². The van der Waals surface area contributed by atoms with E-state index in [0.29, 0.717) is 37.4 Å². The van der Waals surface area contributed by atoms with Crippen molar-refractivity contribution < 1.29 is 22.7 Å². The molecule has 1 fully saturated rings. The van der Waals surface area contributed by atoms with E-state index in [4.69, 9.17) is 10.5 Å². The Kier molecular flexibility index (Phi) is 6.77. The predicted octanol–water partition coefficient (Wildman–Crippen LogP) is 1.58. The molecule has 30 heavy (non-hydrogen) atoms. The number of sulfonamides is 1. The highest BCUT2D eigenvalue weighted by molar-refractivity contribution is 7.89. The van der Waals surface area contributed by atoms with E-state index in [0.717, 1.165) is 24.8 Å². The molecule has 2 N–H and O–H groups in total. The zero-order valence-electron chi connectivity index (χ0n) is 17.3. The maximum absolute atomic E-state index is 12.9. The second-order valence-electron chi connectivity index (χ2n) is 7.48. The molecule has 1 aliphatic rings. The molecule has 1 saturated heterocycles. The van der Waals surface area contributed by atoms with Gasteiger partial charge in [-0.05, 0) is 44.4 Å². The lowest BCUT2D eigenvalue weighted by Crippen LogP contribution is -2.30. The van der Waals surface area contributed by atoms with Crippen LogP contribution in [0.2, 0.25) is 0 Å². The van der Waals surface area contributed by atoms with Gasteiger partial charge in [0.05, 0.1) is 22.3 Å². The molecule has 1 amide bonds. The van der Waals surface area contributed by atoms with Crippen molar-refractivity contribution in [1.82, 2.24) is 13.9 Å². The number of imidazole rings is 1. The number of fused-ring (bicyclic) bond motifs is 1. The van der Waals surface area contributed by atoms with Crippen LogP contribution in [0.5, 0.6) is 0 Å². The van der Waals surface area contributed by atoms with Crippen LogP contribution in [-0.2, 0) is 37.3 Å². The van der Waals surface area contributed by atoms with Gasteiger partial charge in [0, 0.05) is 26.1 Å². The van der Waals surface area contributed by atoms with E-state index in [-0.39, 0.29) is 11.3 Å². The van der Waals surface area contributed by atoms with Crippen molar-refractivity contribution in [2.45, 2.75) is 63.5 Å². The van der Waals surface area contributed by atoms with Gasteiger partial charge in [0.1, 0.15) is 5.82 Å². The summed E-state index contributed by atoms with van der Waals surface area (Å²) in [4.78, 5) is 27.9. The van der Waals surface area contributed by atoms with Crippen LogP contribution in [0.4, 0.5) is 0 Å². The normalized spacial score (nSPS) is 16.1. The molecule has 0 radical (unpaired) electrons. The number of esters is 1. The van der Waals surface area contributed by atoms with Gasteiger partial charge in [0.25, 0.3) is 5.91 Å². The number of rotatable bonds is 9. The third kappa shape index (κ3) is 4.65. The number of aromatic nitrogens is 2. The fourth-order valence-electron chi connectivity index (χ4n) is 3.59. The van der Waals surface area contributed by atoms with Gasteiger partial charge in [-0.3, -0.25) is 9.59 Å². The largest absolute Gasteiger partial charge is 0.453 e. The smallest absolute Gasteiger partial charge is 0.307 e. The van der Waals surface area contributed by atoms with Gasteiger partial charge in [-0.2, -0.15) is 4.31 Å². The fraction of sp³-hybridized carbons (Fsp3) is 0.550. The van der Waals surface area contributed by atoms with Crippen LogP contribution in [0.15, 0.2) is 23.1 Å². The lowest BCUT2D eigenvalue weighted by Gasteiger charge is -2.15. The van der Waals surface area contributed by atoms with Crippen molar-refractivity contribution in [3.8, 4) is 0 Å². The van der Waals surface area contributed by atoms with Gasteiger partial charge in [-0.15, -0.1) is 0 Å². The first-order valence-corrected chi connectivity index (χ1v) is 11.7. The zero-order valence-corrected chi connectivity index (χ0v) is 18.2. The minimum atomic E-state index is -3.53. The predicted molar refractivity (Wildman–Crippen MR) is 111 cm³/mol. The first kappa shape index (κ1) is 22.2. The number of aryl methyl sites for hydroxylation is 2. The molecule has 0 bridgehead atoms. The third-order valence-corrected chi connectivity index (χ3v) is 7.11. The Labute approximate surface area is 176 Å². The second kappa shape index (κ2) is 9.13. The van der Waals surface area contributed by atoms with Gasteiger partial charge in [0.15, 0.2) is 6.10 Å². The van der Waals surface area contributed by atoms with Crippen molar-refractivity contribution in [2.24, 2.45) is 5.73 Å². The SMILES string of the molecule is CCCn1c(CCC(=O)O[C@@H](C)C(N)=O)nc2cc(S(=O)(=O)N3CCCC3)ccc21. The average Bonchev–Trinajstić information content (AvgIpc) is 3.35. The molecule has 9 nitrogen and oxygen atoms in total. The van der Waals surface area contributed by atoms with Crippen LogP contribution in [0.1, 0.15) is 45.4 Å². The first-order valence-electron chi connectivity index (χ1n) is 10.2. The van der Waals surface area contributed by atoms with Crippen molar-refractivity contribution in [2.75, 3.05) is 13.1 Å². The molecule has 1 aromatic carbocycles. The highest BCUT2D eigenvalue weighted by atomic mass is 32.2. The standard InChI is InChI=1S/C20H28N4O5S/c1-3-10-24-17-7-6-15(30(27,28)23-11-4-5-12-23)13-16(17)22-18(24)8-9-19(25)29-14(2)20(21)26/h6-7,13-14H,3-5,8-12H2,1-2H3,(H2,21,26)/t14-/m0/s1. The van der Waals surface area contributed by atoms with Gasteiger partial charge in [-0.1, -0.05) is 6.92 Å². The Hall–Kier alpha value is -2.46. The second-order valence-corrected chi connectivity index (χ2v) is 9.41. The third-order valence-electron chi connectivity index (χ3n) is 5.21. The molecule has 1 atom stereocenters. The molecule has 0 spiro atoms. The molecule has 0 saturated carbocycles. The lowest BCUT2D eigenvalue weighted by molar-refractivity contribution is -0.153. The Balaban J connectivity index is 1.85. The summed E-state index contributed by atoms with van der Waals surface area (Å²) in [7, 11) is -3.53. The number of carbonyl (C=O) groups is 2. The highest BCUT2D eigenvalue weighted by Gasteiger charge is 2.28. The topological polar surface area (TPSA) is 125 Å². The molecule has 164 valence electrons. The van der Waals surface area contributed by atoms with Crippen LogP contribution in [0.25, 0.3) is 11.0 Å². The number of ether oxygens (including phenoxy) is 1. The minimum Gasteiger partial charge on any atom is -0.453 e. The van der Waals surface area contributed by atoms with Crippen LogP contribution in [0, 0.1) is 0 Å². The number of primary amides is 1. The molecule has 10 heteroatoms. The summed E-state index contributed by atoms with van der Waals surface area (Å²) in [5, 5.41) is 0. The van der Waals surface area contributed by atoms with Crippen molar-refractivity contribution >= 4 is 32.9 Å². The maximum Gasteiger partial charge on any atom is 0.307 e.